The molecule has 3 aromatic rings. The smallest absolute Gasteiger partial charge is 0.417 e. The van der Waals surface area contributed by atoms with Crippen LogP contribution in [0.4, 0.5) is 18.9 Å². The Hall–Kier alpha value is -3.51. The average molecular weight is 571 g/mol. The van der Waals surface area contributed by atoms with Crippen molar-refractivity contribution in [1.29, 1.82) is 0 Å². The molecule has 0 radical (unpaired) electrons. The van der Waals surface area contributed by atoms with E-state index in [-0.39, 0.29) is 37.4 Å². The maximum atomic E-state index is 14.0. The molecular weight excluding hydrogens is 549 g/mol. The van der Waals surface area contributed by atoms with Crippen molar-refractivity contribution in [3.63, 3.8) is 0 Å². The molecule has 1 N–H and O–H groups in total. The highest BCUT2D eigenvalue weighted by Gasteiger charge is 2.39. The van der Waals surface area contributed by atoms with Gasteiger partial charge in [-0.15, -0.1) is 0 Å². The number of hydrogen-bond donors (Lipinski definition) is 1. The number of nitrogens with zero attached hydrogens (tertiary/aromatic N) is 2. The topological polar surface area (TPSA) is 106 Å². The number of rotatable bonds is 8. The van der Waals surface area contributed by atoms with Gasteiger partial charge in [-0.1, -0.05) is 29.8 Å². The van der Waals surface area contributed by atoms with Gasteiger partial charge in [-0.05, 0) is 54.8 Å². The van der Waals surface area contributed by atoms with E-state index in [0.717, 1.165) is 4.31 Å². The van der Waals surface area contributed by atoms with E-state index in [1.54, 1.807) is 37.3 Å². The SMILES string of the molecule is CCOc1ncc(C(F)(F)F)cc1S(=O)(=O)N1C[C@H](CCC(=O)O)Oc2ccc(-c3cccc(Cl)c3)cc21. The van der Waals surface area contributed by atoms with E-state index in [1.165, 1.54) is 12.1 Å². The molecule has 0 fully saturated rings. The Bertz CT molecular complexity index is 1470. The maximum Gasteiger partial charge on any atom is 0.417 e. The summed E-state index contributed by atoms with van der Waals surface area (Å²) in [6.07, 6.45) is -5.56. The van der Waals surface area contributed by atoms with Crippen LogP contribution in [0.5, 0.6) is 11.6 Å². The van der Waals surface area contributed by atoms with Gasteiger partial charge in [0.25, 0.3) is 10.0 Å². The Morgan fingerprint density at radius 2 is 1.95 bits per heavy atom. The van der Waals surface area contributed by atoms with Crippen LogP contribution in [0.25, 0.3) is 11.1 Å². The summed E-state index contributed by atoms with van der Waals surface area (Å²) in [5.41, 5.74) is 0.0460. The standard InChI is InChI=1S/C25H22ClF3N2O6S/c1-2-36-24-22(12-17(13-30-24)25(27,28)29)38(34,35)31-14-19(7-9-23(32)33)37-21-8-6-16(11-20(21)31)15-4-3-5-18(26)10-15/h3-6,8,10-13,19H,2,7,9,14H2,1H3,(H,32,33)/t19-/m0/s1. The first-order chi connectivity index (χ1) is 17.9. The molecule has 0 saturated heterocycles. The fourth-order valence-electron chi connectivity index (χ4n) is 3.96. The Morgan fingerprint density at radius 1 is 1.21 bits per heavy atom. The normalized spacial score (nSPS) is 15.5. The number of alkyl halides is 3. The van der Waals surface area contributed by atoms with Gasteiger partial charge in [0, 0.05) is 17.6 Å². The zero-order valence-corrected chi connectivity index (χ0v) is 21.5. The summed E-state index contributed by atoms with van der Waals surface area (Å²) in [4.78, 5) is 14.0. The summed E-state index contributed by atoms with van der Waals surface area (Å²) in [5, 5.41) is 9.55. The van der Waals surface area contributed by atoms with Crippen LogP contribution < -0.4 is 13.8 Å². The van der Waals surface area contributed by atoms with Crippen LogP contribution in [-0.4, -0.2) is 43.7 Å². The van der Waals surface area contributed by atoms with Gasteiger partial charge in [0.05, 0.1) is 24.4 Å². The van der Waals surface area contributed by atoms with Gasteiger partial charge in [-0.2, -0.15) is 13.2 Å². The van der Waals surface area contributed by atoms with Gasteiger partial charge >= 0.3 is 12.1 Å². The van der Waals surface area contributed by atoms with Gasteiger partial charge in [0.1, 0.15) is 11.9 Å². The lowest BCUT2D eigenvalue weighted by Crippen LogP contribution is -2.44. The van der Waals surface area contributed by atoms with Crippen LogP contribution in [0.1, 0.15) is 25.3 Å². The first-order valence-corrected chi connectivity index (χ1v) is 13.2. The van der Waals surface area contributed by atoms with Crippen LogP contribution in [0.2, 0.25) is 5.02 Å². The summed E-state index contributed by atoms with van der Waals surface area (Å²) >= 11 is 6.11. The predicted molar refractivity (Wildman–Crippen MR) is 133 cm³/mol. The molecule has 0 unspecified atom stereocenters. The molecule has 0 amide bonds. The first kappa shape index (κ1) is 27.5. The molecule has 0 saturated carbocycles. The van der Waals surface area contributed by atoms with Gasteiger partial charge in [-0.25, -0.2) is 13.4 Å². The van der Waals surface area contributed by atoms with Gasteiger partial charge in [0.2, 0.25) is 5.88 Å². The molecule has 0 bridgehead atoms. The second kappa shape index (κ2) is 10.7. The number of halogens is 4. The zero-order chi connectivity index (χ0) is 27.7. The number of ether oxygens (including phenoxy) is 2. The zero-order valence-electron chi connectivity index (χ0n) is 19.9. The Kier molecular flexibility index (Phi) is 7.75. The van der Waals surface area contributed by atoms with Crippen LogP contribution in [0, 0.1) is 0 Å². The summed E-state index contributed by atoms with van der Waals surface area (Å²) in [7, 11) is -4.70. The van der Waals surface area contributed by atoms with E-state index >= 15 is 0 Å². The number of pyridine rings is 1. The number of hydrogen-bond acceptors (Lipinski definition) is 6. The lowest BCUT2D eigenvalue weighted by molar-refractivity contribution is -0.138. The quantitative estimate of drug-likeness (QED) is 0.373. The summed E-state index contributed by atoms with van der Waals surface area (Å²) in [6, 6.07) is 12.0. The highest BCUT2D eigenvalue weighted by molar-refractivity contribution is 7.93. The van der Waals surface area contributed by atoms with Crippen molar-refractivity contribution in [2.24, 2.45) is 0 Å². The molecule has 202 valence electrons. The first-order valence-electron chi connectivity index (χ1n) is 11.4. The number of anilines is 1. The summed E-state index contributed by atoms with van der Waals surface area (Å²) < 4.78 is 80.5. The second-order valence-corrected chi connectivity index (χ2v) is 10.6. The number of aromatic nitrogens is 1. The predicted octanol–water partition coefficient (Wildman–Crippen LogP) is 5.64. The number of carbonyl (C=O) groups is 1. The van der Waals surface area contributed by atoms with Gasteiger partial charge in [-0.3, -0.25) is 9.10 Å². The highest BCUT2D eigenvalue weighted by Crippen LogP contribution is 2.42. The minimum atomic E-state index is -4.85. The average Bonchev–Trinajstić information content (AvgIpc) is 2.86. The third-order valence-electron chi connectivity index (χ3n) is 5.72. The highest BCUT2D eigenvalue weighted by atomic mass is 35.5. The van der Waals surface area contributed by atoms with Gasteiger partial charge in [0.15, 0.2) is 4.90 Å². The van der Waals surface area contributed by atoms with Crippen molar-refractivity contribution in [3.8, 4) is 22.8 Å². The fraction of sp³-hybridized carbons (Fsp3) is 0.280. The number of carboxylic acid groups (broad SMARTS) is 1. The van der Waals surface area contributed by atoms with Crippen molar-refractivity contribution >= 4 is 33.3 Å². The fourth-order valence-corrected chi connectivity index (χ4v) is 5.76. The van der Waals surface area contributed by atoms with E-state index in [0.29, 0.717) is 28.4 Å². The van der Waals surface area contributed by atoms with Crippen molar-refractivity contribution in [1.82, 2.24) is 4.98 Å². The third kappa shape index (κ3) is 5.81. The van der Waals surface area contributed by atoms with E-state index in [4.69, 9.17) is 26.2 Å². The number of sulfonamides is 1. The van der Waals surface area contributed by atoms with Crippen LogP contribution in [0.3, 0.4) is 0 Å². The second-order valence-electron chi connectivity index (χ2n) is 8.36. The monoisotopic (exact) mass is 570 g/mol. The minimum absolute atomic E-state index is 0.0318. The molecule has 0 aliphatic carbocycles. The number of aliphatic carboxylic acids is 1. The van der Waals surface area contributed by atoms with E-state index in [2.05, 4.69) is 4.98 Å². The summed E-state index contributed by atoms with van der Waals surface area (Å²) in [6.45, 7) is 1.16. The molecule has 38 heavy (non-hydrogen) atoms. The molecule has 1 aliphatic rings. The molecular formula is C25H22ClF3N2O6S. The van der Waals surface area contributed by atoms with E-state index in [9.17, 15) is 26.4 Å². The lowest BCUT2D eigenvalue weighted by atomic mass is 10.0. The molecule has 13 heteroatoms. The molecule has 2 aromatic carbocycles. The molecule has 1 aromatic heterocycles. The number of fused-ring (bicyclic) bond motifs is 1. The lowest BCUT2D eigenvalue weighted by Gasteiger charge is -2.36. The largest absolute Gasteiger partial charge is 0.486 e. The van der Waals surface area contributed by atoms with Crippen molar-refractivity contribution < 1.29 is 41.0 Å². The number of carboxylic acids is 1. The minimum Gasteiger partial charge on any atom is -0.486 e. The number of benzene rings is 2. The molecule has 8 nitrogen and oxygen atoms in total. The summed E-state index contributed by atoms with van der Waals surface area (Å²) in [5.74, 6) is -1.47. The molecule has 1 aliphatic heterocycles. The molecule has 0 spiro atoms. The van der Waals surface area contributed by atoms with E-state index < -0.39 is 44.6 Å². The third-order valence-corrected chi connectivity index (χ3v) is 7.73. The maximum absolute atomic E-state index is 14.0. The van der Waals surface area contributed by atoms with Gasteiger partial charge < -0.3 is 14.6 Å². The van der Waals surface area contributed by atoms with Crippen LogP contribution >= 0.6 is 11.6 Å². The Morgan fingerprint density at radius 3 is 2.61 bits per heavy atom. The molecule has 4 rings (SSSR count). The van der Waals surface area contributed by atoms with Crippen LogP contribution in [-0.2, 0) is 21.0 Å². The molecule has 1 atom stereocenters. The molecule has 2 heterocycles. The van der Waals surface area contributed by atoms with Crippen LogP contribution in [0.15, 0.2) is 59.6 Å². The Labute approximate surface area is 221 Å². The van der Waals surface area contributed by atoms with Crippen molar-refractivity contribution in [3.05, 3.63) is 65.3 Å². The van der Waals surface area contributed by atoms with Crippen molar-refractivity contribution in [2.45, 2.75) is 36.9 Å². The van der Waals surface area contributed by atoms with Crippen molar-refractivity contribution in [2.75, 3.05) is 17.5 Å². The van der Waals surface area contributed by atoms with E-state index in [1.807, 2.05) is 0 Å². The Balaban J connectivity index is 1.87.